The third kappa shape index (κ3) is 5.28. The maximum Gasteiger partial charge on any atom is 0.224 e. The molecule has 0 saturated carbocycles. The third-order valence-electron chi connectivity index (χ3n) is 5.03. The van der Waals surface area contributed by atoms with Crippen LogP contribution in [0.1, 0.15) is 17.5 Å². The summed E-state index contributed by atoms with van der Waals surface area (Å²) in [6.07, 6.45) is 2.20. The first kappa shape index (κ1) is 19.3. The van der Waals surface area contributed by atoms with E-state index in [1.165, 1.54) is 0 Å². The van der Waals surface area contributed by atoms with E-state index < -0.39 is 0 Å². The Labute approximate surface area is 161 Å². The van der Waals surface area contributed by atoms with Crippen LogP contribution in [0, 0.1) is 6.92 Å². The van der Waals surface area contributed by atoms with Crippen LogP contribution >= 0.6 is 0 Å². The average Bonchev–Trinajstić information content (AvgIpc) is 2.66. The highest BCUT2D eigenvalue weighted by atomic mass is 16.5. The molecular weight excluding hydrogens is 340 g/mol. The highest BCUT2D eigenvalue weighted by molar-refractivity contribution is 5.76. The molecule has 0 bridgehead atoms. The van der Waals surface area contributed by atoms with Gasteiger partial charge in [0.2, 0.25) is 11.8 Å². The minimum absolute atomic E-state index is 0.0489. The summed E-state index contributed by atoms with van der Waals surface area (Å²) in [7, 11) is 4.18. The van der Waals surface area contributed by atoms with E-state index in [9.17, 15) is 4.79 Å². The van der Waals surface area contributed by atoms with Crippen molar-refractivity contribution in [3.05, 3.63) is 53.7 Å². The fraction of sp³-hybridized carbons (Fsp3) is 0.429. The summed E-state index contributed by atoms with van der Waals surface area (Å²) >= 11 is 0. The van der Waals surface area contributed by atoms with Crippen molar-refractivity contribution in [2.45, 2.75) is 25.9 Å². The molecule has 1 atom stereocenters. The Hall–Kier alpha value is -2.44. The lowest BCUT2D eigenvalue weighted by molar-refractivity contribution is -0.122. The number of rotatable bonds is 6. The normalized spacial score (nSPS) is 18.3. The monoisotopic (exact) mass is 368 g/mol. The number of ether oxygens (including phenoxy) is 1. The van der Waals surface area contributed by atoms with Gasteiger partial charge in [0.15, 0.2) is 0 Å². The molecule has 1 amide bonds. The molecule has 0 radical (unpaired) electrons. The molecule has 1 fully saturated rings. The van der Waals surface area contributed by atoms with E-state index in [1.807, 2.05) is 43.3 Å². The number of piperazine rings is 1. The van der Waals surface area contributed by atoms with E-state index in [2.05, 4.69) is 34.2 Å². The number of amides is 1. The van der Waals surface area contributed by atoms with Gasteiger partial charge in [-0.2, -0.15) is 0 Å². The van der Waals surface area contributed by atoms with Crippen molar-refractivity contribution in [2.24, 2.45) is 0 Å². The third-order valence-corrected chi connectivity index (χ3v) is 5.03. The van der Waals surface area contributed by atoms with Gasteiger partial charge in [-0.15, -0.1) is 0 Å². The first-order chi connectivity index (χ1) is 13.0. The molecule has 1 aliphatic rings. The lowest BCUT2D eigenvalue weighted by atomic mass is 10.1. The van der Waals surface area contributed by atoms with Gasteiger partial charge < -0.3 is 19.9 Å². The summed E-state index contributed by atoms with van der Waals surface area (Å²) in [6.45, 7) is 5.35. The lowest BCUT2D eigenvalue weighted by Gasteiger charge is -2.37. The lowest BCUT2D eigenvalue weighted by Crippen LogP contribution is -2.51. The Balaban J connectivity index is 1.59. The zero-order valence-corrected chi connectivity index (χ0v) is 16.3. The second-order valence-electron chi connectivity index (χ2n) is 7.21. The number of carbonyl (C=O) groups is 1. The Morgan fingerprint density at radius 2 is 2.04 bits per heavy atom. The molecule has 2 aromatic rings. The molecule has 1 aliphatic heterocycles. The van der Waals surface area contributed by atoms with Crippen molar-refractivity contribution in [1.82, 2.24) is 20.1 Å². The molecule has 0 aliphatic carbocycles. The number of benzene rings is 1. The molecule has 1 saturated heterocycles. The number of nitrogens with one attached hydrogen (secondary N) is 1. The molecular formula is C21H28N4O2. The van der Waals surface area contributed by atoms with Crippen LogP contribution in [0.15, 0.2) is 42.6 Å². The summed E-state index contributed by atoms with van der Waals surface area (Å²) in [5.41, 5.74) is 1.91. The zero-order chi connectivity index (χ0) is 19.2. The first-order valence-corrected chi connectivity index (χ1v) is 9.36. The summed E-state index contributed by atoms with van der Waals surface area (Å²) in [5.74, 6) is 1.35. The van der Waals surface area contributed by atoms with E-state index in [0.29, 0.717) is 18.8 Å². The maximum absolute atomic E-state index is 12.4. The van der Waals surface area contributed by atoms with Crippen LogP contribution in [0.2, 0.25) is 0 Å². The molecule has 6 nitrogen and oxygen atoms in total. The van der Waals surface area contributed by atoms with Crippen LogP contribution in [-0.4, -0.2) is 60.5 Å². The Kier molecular flexibility index (Phi) is 6.42. The Morgan fingerprint density at radius 1 is 1.22 bits per heavy atom. The molecule has 144 valence electrons. The van der Waals surface area contributed by atoms with E-state index in [1.54, 1.807) is 6.20 Å². The topological polar surface area (TPSA) is 57.7 Å². The second-order valence-corrected chi connectivity index (χ2v) is 7.21. The summed E-state index contributed by atoms with van der Waals surface area (Å²) in [5, 5.41) is 3.02. The summed E-state index contributed by atoms with van der Waals surface area (Å²) in [6, 6.07) is 11.9. The van der Waals surface area contributed by atoms with Crippen molar-refractivity contribution < 1.29 is 9.53 Å². The molecule has 0 unspecified atom stereocenters. The number of carbonyl (C=O) groups excluding carboxylic acids is 1. The Morgan fingerprint density at radius 3 is 2.85 bits per heavy atom. The highest BCUT2D eigenvalue weighted by Gasteiger charge is 2.24. The van der Waals surface area contributed by atoms with Crippen LogP contribution in [0.25, 0.3) is 0 Å². The fourth-order valence-electron chi connectivity index (χ4n) is 3.23. The van der Waals surface area contributed by atoms with Crippen LogP contribution < -0.4 is 10.1 Å². The predicted octanol–water partition coefficient (Wildman–Crippen LogP) is 2.43. The summed E-state index contributed by atoms with van der Waals surface area (Å²) < 4.78 is 5.98. The number of pyridine rings is 1. The van der Waals surface area contributed by atoms with Gasteiger partial charge in [0, 0.05) is 50.4 Å². The number of hydrogen-bond acceptors (Lipinski definition) is 5. The van der Waals surface area contributed by atoms with E-state index in [4.69, 9.17) is 4.74 Å². The van der Waals surface area contributed by atoms with Crippen LogP contribution in [0.3, 0.4) is 0 Å². The summed E-state index contributed by atoms with van der Waals surface area (Å²) in [4.78, 5) is 21.3. The van der Waals surface area contributed by atoms with Gasteiger partial charge in [-0.3, -0.25) is 4.79 Å². The largest absolute Gasteiger partial charge is 0.438 e. The van der Waals surface area contributed by atoms with Gasteiger partial charge >= 0.3 is 0 Å². The van der Waals surface area contributed by atoms with Gasteiger partial charge in [0.05, 0.1) is 0 Å². The molecule has 6 heteroatoms. The van der Waals surface area contributed by atoms with Crippen molar-refractivity contribution in [3.63, 3.8) is 0 Å². The minimum atomic E-state index is 0.0489. The van der Waals surface area contributed by atoms with Crippen LogP contribution in [0.5, 0.6) is 11.6 Å². The molecule has 3 rings (SSSR count). The van der Waals surface area contributed by atoms with Crippen LogP contribution in [-0.2, 0) is 11.3 Å². The first-order valence-electron chi connectivity index (χ1n) is 9.36. The van der Waals surface area contributed by atoms with Gasteiger partial charge in [0.25, 0.3) is 0 Å². The number of likely N-dealkylation sites (N-methyl/N-ethyl adjacent to an activating group) is 2. The van der Waals surface area contributed by atoms with Crippen LogP contribution in [0.4, 0.5) is 0 Å². The van der Waals surface area contributed by atoms with Gasteiger partial charge in [-0.1, -0.05) is 24.3 Å². The zero-order valence-electron chi connectivity index (χ0n) is 16.3. The number of hydrogen-bond donors (Lipinski definition) is 1. The molecule has 0 spiro atoms. The van der Waals surface area contributed by atoms with Crippen molar-refractivity contribution in [3.8, 4) is 11.6 Å². The second kappa shape index (κ2) is 8.97. The van der Waals surface area contributed by atoms with E-state index >= 15 is 0 Å². The SMILES string of the molecule is Cc1ccccc1Oc1ncccc1CNC(=O)C[C@H]1CN(C)CCN1C. The number of aromatic nitrogens is 1. The van der Waals surface area contributed by atoms with Gasteiger partial charge in [-0.05, 0) is 38.7 Å². The smallest absolute Gasteiger partial charge is 0.224 e. The van der Waals surface area contributed by atoms with Crippen molar-refractivity contribution in [2.75, 3.05) is 33.7 Å². The number of para-hydroxylation sites is 1. The minimum Gasteiger partial charge on any atom is -0.438 e. The molecule has 1 aromatic heterocycles. The van der Waals surface area contributed by atoms with Crippen molar-refractivity contribution >= 4 is 5.91 Å². The number of nitrogens with zero attached hydrogens (tertiary/aromatic N) is 3. The molecule has 2 heterocycles. The Bertz CT molecular complexity index is 780. The average molecular weight is 368 g/mol. The maximum atomic E-state index is 12.4. The van der Waals surface area contributed by atoms with Gasteiger partial charge in [0.1, 0.15) is 5.75 Å². The molecule has 1 N–H and O–H groups in total. The highest BCUT2D eigenvalue weighted by Crippen LogP contribution is 2.25. The van der Waals surface area contributed by atoms with E-state index in [-0.39, 0.29) is 11.9 Å². The predicted molar refractivity (Wildman–Crippen MR) is 106 cm³/mol. The van der Waals surface area contributed by atoms with E-state index in [0.717, 1.165) is 36.5 Å². The molecule has 1 aromatic carbocycles. The van der Waals surface area contributed by atoms with Gasteiger partial charge in [-0.25, -0.2) is 4.98 Å². The van der Waals surface area contributed by atoms with Crippen molar-refractivity contribution in [1.29, 1.82) is 0 Å². The quantitative estimate of drug-likeness (QED) is 0.849. The number of aryl methyl sites for hydroxylation is 1. The molecule has 27 heavy (non-hydrogen) atoms. The standard InChI is InChI=1S/C21H28N4O2/c1-16-7-4-5-9-19(16)27-21-17(8-6-10-22-21)14-23-20(26)13-18-15-24(2)11-12-25(18)3/h4-10,18H,11-15H2,1-3H3,(H,23,26)/t18-/m0/s1. The fourth-order valence-corrected chi connectivity index (χ4v) is 3.23.